The second kappa shape index (κ2) is 18.2. The Hall–Kier alpha value is -4.02. The normalized spacial score (nSPS) is 17.8. The van der Waals surface area contributed by atoms with Gasteiger partial charge in [0.2, 0.25) is 11.8 Å². The number of benzene rings is 3. The third-order valence-electron chi connectivity index (χ3n) is 8.11. The zero-order chi connectivity index (χ0) is 32.7. The summed E-state index contributed by atoms with van der Waals surface area (Å²) in [5.74, 6) is -0.0329. The van der Waals surface area contributed by atoms with Gasteiger partial charge in [-0.25, -0.2) is 0 Å². The molecular formula is C37H48N4O5. The highest BCUT2D eigenvalue weighted by Crippen LogP contribution is 2.38. The van der Waals surface area contributed by atoms with Crippen LogP contribution in [0.3, 0.4) is 0 Å². The zero-order valence-corrected chi connectivity index (χ0v) is 26.8. The van der Waals surface area contributed by atoms with Gasteiger partial charge in [0, 0.05) is 44.5 Å². The average molecular weight is 629 g/mol. The van der Waals surface area contributed by atoms with E-state index in [1.165, 1.54) is 0 Å². The first-order valence-corrected chi connectivity index (χ1v) is 16.1. The molecule has 1 aliphatic heterocycles. The molecule has 0 saturated carbocycles. The van der Waals surface area contributed by atoms with E-state index in [1.807, 2.05) is 66.7 Å². The summed E-state index contributed by atoms with van der Waals surface area (Å²) in [6, 6.07) is 23.1. The number of carbonyl (C=O) groups is 2. The van der Waals surface area contributed by atoms with Crippen LogP contribution in [0.15, 0.2) is 85.5 Å². The minimum absolute atomic E-state index is 0.00725. The number of unbranched alkanes of at least 4 members (excludes halogenated alkanes) is 3. The van der Waals surface area contributed by atoms with E-state index in [0.29, 0.717) is 30.8 Å². The van der Waals surface area contributed by atoms with Crippen molar-refractivity contribution in [1.29, 1.82) is 0 Å². The van der Waals surface area contributed by atoms with Gasteiger partial charge in [0.05, 0.1) is 30.2 Å². The maximum Gasteiger partial charge on any atom is 0.224 e. The number of nitrogens with two attached hydrogens (primary N) is 1. The summed E-state index contributed by atoms with van der Waals surface area (Å²) >= 11 is 0. The molecule has 4 rings (SSSR count). The van der Waals surface area contributed by atoms with Gasteiger partial charge in [0.1, 0.15) is 0 Å². The standard InChI is InChI=1S/C37H48N4O5/c1-3-22-41(2)25-31-23-34(29-18-16-28(26-42)17-19-29)46-37(45-31)30-20-14-27(15-21-30)24-39-35(43)12-6-4-5-7-13-36(44)40-33-11-9-8-10-32(33)38/h3,8-11,14-21,31,34,37,42H,1,4-7,12-13,22-26,38H2,2H3,(H,39,43)(H,40,44). The Labute approximate surface area is 272 Å². The second-order valence-corrected chi connectivity index (χ2v) is 11.9. The van der Waals surface area contributed by atoms with Gasteiger partial charge in [0.25, 0.3) is 0 Å². The van der Waals surface area contributed by atoms with Crippen molar-refractivity contribution in [2.24, 2.45) is 0 Å². The third-order valence-corrected chi connectivity index (χ3v) is 8.11. The fourth-order valence-electron chi connectivity index (χ4n) is 5.51. The predicted molar refractivity (Wildman–Crippen MR) is 182 cm³/mol. The molecule has 1 heterocycles. The van der Waals surface area contributed by atoms with Crippen LogP contribution in [0.2, 0.25) is 0 Å². The number of nitrogen functional groups attached to an aromatic ring is 1. The lowest BCUT2D eigenvalue weighted by Crippen LogP contribution is -2.37. The largest absolute Gasteiger partial charge is 0.397 e. The molecule has 0 aliphatic carbocycles. The van der Waals surface area contributed by atoms with E-state index < -0.39 is 6.29 Å². The molecule has 9 heteroatoms. The SMILES string of the molecule is C=CCN(C)CC1CC(c2ccc(CO)cc2)OC(c2ccc(CNC(=O)CCCCCCC(=O)Nc3ccccc3N)cc2)O1. The van der Waals surface area contributed by atoms with Gasteiger partial charge in [0.15, 0.2) is 6.29 Å². The summed E-state index contributed by atoms with van der Waals surface area (Å²) in [6.45, 7) is 5.82. The van der Waals surface area contributed by atoms with Crippen LogP contribution in [0.5, 0.6) is 0 Å². The van der Waals surface area contributed by atoms with Crippen LogP contribution in [0.1, 0.15) is 79.6 Å². The summed E-state index contributed by atoms with van der Waals surface area (Å²) in [5, 5.41) is 15.3. The van der Waals surface area contributed by atoms with E-state index in [9.17, 15) is 14.7 Å². The molecular weight excluding hydrogens is 580 g/mol. The number of aliphatic hydroxyl groups is 1. The highest BCUT2D eigenvalue weighted by atomic mass is 16.7. The average Bonchev–Trinajstić information content (AvgIpc) is 3.06. The Morgan fingerprint density at radius 1 is 0.913 bits per heavy atom. The molecule has 3 aromatic rings. The highest BCUT2D eigenvalue weighted by molar-refractivity contribution is 5.93. The Balaban J connectivity index is 1.19. The quantitative estimate of drug-likeness (QED) is 0.0818. The molecule has 0 spiro atoms. The summed E-state index contributed by atoms with van der Waals surface area (Å²) < 4.78 is 12.8. The molecule has 3 unspecified atom stereocenters. The Bertz CT molecular complexity index is 1400. The van der Waals surface area contributed by atoms with Crippen molar-refractivity contribution in [1.82, 2.24) is 10.2 Å². The minimum atomic E-state index is -0.524. The number of hydrogen-bond acceptors (Lipinski definition) is 7. The smallest absolute Gasteiger partial charge is 0.224 e. The van der Waals surface area contributed by atoms with E-state index in [-0.39, 0.29) is 30.6 Å². The van der Waals surface area contributed by atoms with Crippen molar-refractivity contribution >= 4 is 23.2 Å². The number of rotatable bonds is 17. The van der Waals surface area contributed by atoms with E-state index in [0.717, 1.165) is 67.4 Å². The molecule has 5 N–H and O–H groups in total. The summed E-state index contributed by atoms with van der Waals surface area (Å²) in [6.07, 6.45) is 6.12. The number of aliphatic hydroxyl groups excluding tert-OH is 1. The van der Waals surface area contributed by atoms with Crippen molar-refractivity contribution < 1.29 is 24.2 Å². The van der Waals surface area contributed by atoms with Crippen LogP contribution in [-0.2, 0) is 32.2 Å². The van der Waals surface area contributed by atoms with Crippen LogP contribution < -0.4 is 16.4 Å². The lowest BCUT2D eigenvalue weighted by atomic mass is 9.99. The van der Waals surface area contributed by atoms with Crippen molar-refractivity contribution in [2.45, 2.75) is 76.6 Å². The first kappa shape index (κ1) is 34.8. The van der Waals surface area contributed by atoms with Crippen molar-refractivity contribution in [3.63, 3.8) is 0 Å². The van der Waals surface area contributed by atoms with E-state index in [2.05, 4.69) is 29.2 Å². The van der Waals surface area contributed by atoms with Crippen LogP contribution >= 0.6 is 0 Å². The van der Waals surface area contributed by atoms with Gasteiger partial charge in [-0.2, -0.15) is 0 Å². The number of nitrogens with one attached hydrogen (secondary N) is 2. The van der Waals surface area contributed by atoms with Gasteiger partial charge in [-0.05, 0) is 48.7 Å². The van der Waals surface area contributed by atoms with Crippen molar-refractivity contribution in [2.75, 3.05) is 31.2 Å². The lowest BCUT2D eigenvalue weighted by Gasteiger charge is -2.37. The number of para-hydroxylation sites is 2. The molecule has 0 radical (unpaired) electrons. The van der Waals surface area contributed by atoms with Crippen LogP contribution in [0, 0.1) is 0 Å². The Kier molecular flexibility index (Phi) is 13.8. The topological polar surface area (TPSA) is 126 Å². The molecule has 1 fully saturated rings. The van der Waals surface area contributed by atoms with Gasteiger partial charge >= 0.3 is 0 Å². The molecule has 0 bridgehead atoms. The number of nitrogens with zero attached hydrogens (tertiary/aromatic N) is 1. The molecule has 1 saturated heterocycles. The second-order valence-electron chi connectivity index (χ2n) is 11.9. The van der Waals surface area contributed by atoms with Crippen LogP contribution in [0.4, 0.5) is 11.4 Å². The molecule has 3 aromatic carbocycles. The molecule has 1 aliphatic rings. The number of anilines is 2. The van der Waals surface area contributed by atoms with Crippen LogP contribution in [-0.4, -0.2) is 48.1 Å². The Morgan fingerprint density at radius 2 is 1.57 bits per heavy atom. The number of ether oxygens (including phenoxy) is 2. The molecule has 2 amide bonds. The first-order chi connectivity index (χ1) is 22.3. The van der Waals surface area contributed by atoms with Crippen molar-refractivity contribution in [3.05, 3.63) is 108 Å². The number of amides is 2. The summed E-state index contributed by atoms with van der Waals surface area (Å²) in [4.78, 5) is 26.8. The number of likely N-dealkylation sites (N-methyl/N-ethyl adjacent to an activating group) is 1. The van der Waals surface area contributed by atoms with Gasteiger partial charge in [-0.1, -0.05) is 79.6 Å². The van der Waals surface area contributed by atoms with Crippen molar-refractivity contribution in [3.8, 4) is 0 Å². The summed E-state index contributed by atoms with van der Waals surface area (Å²) in [7, 11) is 2.05. The maximum atomic E-state index is 12.4. The summed E-state index contributed by atoms with van der Waals surface area (Å²) in [5.41, 5.74) is 10.9. The molecule has 3 atom stereocenters. The van der Waals surface area contributed by atoms with E-state index in [4.69, 9.17) is 15.2 Å². The van der Waals surface area contributed by atoms with Gasteiger partial charge in [-0.15, -0.1) is 6.58 Å². The van der Waals surface area contributed by atoms with E-state index in [1.54, 1.807) is 12.1 Å². The minimum Gasteiger partial charge on any atom is -0.397 e. The highest BCUT2D eigenvalue weighted by Gasteiger charge is 2.32. The fraction of sp³-hybridized carbons (Fsp3) is 0.405. The molecule has 246 valence electrons. The lowest BCUT2D eigenvalue weighted by molar-refractivity contribution is -0.252. The molecule has 9 nitrogen and oxygen atoms in total. The third kappa shape index (κ3) is 11.1. The van der Waals surface area contributed by atoms with E-state index >= 15 is 0 Å². The number of hydrogen-bond donors (Lipinski definition) is 4. The first-order valence-electron chi connectivity index (χ1n) is 16.1. The molecule has 46 heavy (non-hydrogen) atoms. The monoisotopic (exact) mass is 628 g/mol. The zero-order valence-electron chi connectivity index (χ0n) is 26.8. The molecule has 0 aromatic heterocycles. The van der Waals surface area contributed by atoms with Crippen LogP contribution in [0.25, 0.3) is 0 Å². The Morgan fingerprint density at radius 3 is 2.24 bits per heavy atom. The predicted octanol–water partition coefficient (Wildman–Crippen LogP) is 6.02. The van der Waals surface area contributed by atoms with Gasteiger partial charge in [-0.3, -0.25) is 9.59 Å². The van der Waals surface area contributed by atoms with Gasteiger partial charge < -0.3 is 35.8 Å². The fourth-order valence-corrected chi connectivity index (χ4v) is 5.51. The maximum absolute atomic E-state index is 12.4. The number of carbonyl (C=O) groups excluding carboxylic acids is 2.